The van der Waals surface area contributed by atoms with Crippen molar-refractivity contribution in [3.63, 3.8) is 0 Å². The highest BCUT2D eigenvalue weighted by Gasteiger charge is 2.22. The molecule has 1 atom stereocenters. The SMILES string of the molecule is O=C(N[C@H](Cc1ccccc1)C(=O)Nc1ccccc1F)c1ccccc1. The largest absolute Gasteiger partial charge is 0.340 e. The molecule has 0 saturated heterocycles. The Hall–Kier alpha value is -3.47. The fourth-order valence-corrected chi connectivity index (χ4v) is 2.67. The molecule has 0 heterocycles. The minimum atomic E-state index is -0.847. The molecule has 3 rings (SSSR count). The lowest BCUT2D eigenvalue weighted by Gasteiger charge is -2.19. The first-order valence-corrected chi connectivity index (χ1v) is 8.59. The van der Waals surface area contributed by atoms with Crippen molar-refractivity contribution < 1.29 is 14.0 Å². The molecule has 0 fully saturated rings. The third-order valence-corrected chi connectivity index (χ3v) is 4.07. The maximum atomic E-state index is 13.9. The smallest absolute Gasteiger partial charge is 0.251 e. The lowest BCUT2D eigenvalue weighted by Crippen LogP contribution is -2.45. The second-order valence-corrected chi connectivity index (χ2v) is 6.05. The van der Waals surface area contributed by atoms with Gasteiger partial charge >= 0.3 is 0 Å². The summed E-state index contributed by atoms with van der Waals surface area (Å²) in [4.78, 5) is 25.2. The van der Waals surface area contributed by atoms with Gasteiger partial charge in [0.2, 0.25) is 5.91 Å². The fourth-order valence-electron chi connectivity index (χ4n) is 2.67. The number of nitrogens with one attached hydrogen (secondary N) is 2. The highest BCUT2D eigenvalue weighted by Crippen LogP contribution is 2.14. The Kier molecular flexibility index (Phi) is 5.94. The molecule has 3 aromatic rings. The van der Waals surface area contributed by atoms with Crippen molar-refractivity contribution in [3.05, 3.63) is 102 Å². The van der Waals surface area contributed by atoms with Crippen LogP contribution >= 0.6 is 0 Å². The van der Waals surface area contributed by atoms with Crippen LogP contribution in [0.4, 0.5) is 10.1 Å². The molecule has 136 valence electrons. The van der Waals surface area contributed by atoms with Crippen LogP contribution in [0.3, 0.4) is 0 Å². The van der Waals surface area contributed by atoms with Crippen LogP contribution in [0.2, 0.25) is 0 Å². The summed E-state index contributed by atoms with van der Waals surface area (Å²) in [5, 5.41) is 5.31. The predicted octanol–water partition coefficient (Wildman–Crippen LogP) is 3.81. The van der Waals surface area contributed by atoms with E-state index in [2.05, 4.69) is 10.6 Å². The van der Waals surface area contributed by atoms with E-state index in [0.717, 1.165) is 5.56 Å². The van der Waals surface area contributed by atoms with Gasteiger partial charge in [0.25, 0.3) is 5.91 Å². The molecule has 0 bridgehead atoms. The molecule has 3 aromatic carbocycles. The fraction of sp³-hybridized carbons (Fsp3) is 0.0909. The maximum absolute atomic E-state index is 13.9. The van der Waals surface area contributed by atoms with E-state index < -0.39 is 17.8 Å². The molecule has 2 amide bonds. The minimum Gasteiger partial charge on any atom is -0.340 e. The lowest BCUT2D eigenvalue weighted by molar-refractivity contribution is -0.118. The number of anilines is 1. The van der Waals surface area contributed by atoms with Gasteiger partial charge in [0.05, 0.1) is 5.69 Å². The minimum absolute atomic E-state index is 0.0783. The first kappa shape index (κ1) is 18.3. The normalized spacial score (nSPS) is 11.4. The number of halogens is 1. The van der Waals surface area contributed by atoms with Gasteiger partial charge in [0.1, 0.15) is 11.9 Å². The molecular weight excluding hydrogens is 343 g/mol. The van der Waals surface area contributed by atoms with Crippen LogP contribution < -0.4 is 10.6 Å². The molecule has 0 aliphatic carbocycles. The van der Waals surface area contributed by atoms with Crippen LogP contribution in [0.1, 0.15) is 15.9 Å². The number of hydrogen-bond donors (Lipinski definition) is 2. The number of amides is 2. The first-order valence-electron chi connectivity index (χ1n) is 8.59. The average molecular weight is 362 g/mol. The molecule has 2 N–H and O–H groups in total. The van der Waals surface area contributed by atoms with Crippen molar-refractivity contribution in [2.45, 2.75) is 12.5 Å². The Morgan fingerprint density at radius 1 is 0.815 bits per heavy atom. The molecule has 0 saturated carbocycles. The summed E-state index contributed by atoms with van der Waals surface area (Å²) in [5.74, 6) is -1.37. The zero-order chi connectivity index (χ0) is 19.1. The van der Waals surface area contributed by atoms with Crippen LogP contribution in [0.5, 0.6) is 0 Å². The van der Waals surface area contributed by atoms with Crippen LogP contribution in [-0.4, -0.2) is 17.9 Å². The molecule has 0 aliphatic heterocycles. The summed E-state index contributed by atoms with van der Waals surface area (Å²) in [5.41, 5.74) is 1.42. The molecule has 0 unspecified atom stereocenters. The van der Waals surface area contributed by atoms with Gasteiger partial charge in [-0.25, -0.2) is 4.39 Å². The van der Waals surface area contributed by atoms with Crippen molar-refractivity contribution >= 4 is 17.5 Å². The van der Waals surface area contributed by atoms with Gasteiger partial charge < -0.3 is 10.6 Å². The highest BCUT2D eigenvalue weighted by atomic mass is 19.1. The van der Waals surface area contributed by atoms with Crippen LogP contribution in [0.25, 0.3) is 0 Å². The van der Waals surface area contributed by atoms with Gasteiger partial charge in [0, 0.05) is 12.0 Å². The van der Waals surface area contributed by atoms with Crippen molar-refractivity contribution in [1.29, 1.82) is 0 Å². The van der Waals surface area contributed by atoms with Gasteiger partial charge in [-0.05, 0) is 29.8 Å². The number of para-hydroxylation sites is 1. The summed E-state index contributed by atoms with van der Waals surface area (Å²) < 4.78 is 13.9. The molecule has 5 heteroatoms. The highest BCUT2D eigenvalue weighted by molar-refractivity contribution is 6.01. The summed E-state index contributed by atoms with van der Waals surface area (Å²) in [7, 11) is 0. The van der Waals surface area contributed by atoms with Gasteiger partial charge in [0.15, 0.2) is 0 Å². The second kappa shape index (κ2) is 8.76. The number of rotatable bonds is 6. The number of benzene rings is 3. The van der Waals surface area contributed by atoms with Crippen LogP contribution in [0.15, 0.2) is 84.9 Å². The Labute approximate surface area is 157 Å². The first-order chi connectivity index (χ1) is 13.1. The van der Waals surface area contributed by atoms with Gasteiger partial charge in [-0.1, -0.05) is 60.7 Å². The van der Waals surface area contributed by atoms with E-state index in [9.17, 15) is 14.0 Å². The molecule has 4 nitrogen and oxygen atoms in total. The van der Waals surface area contributed by atoms with E-state index >= 15 is 0 Å². The van der Waals surface area contributed by atoms with Crippen molar-refractivity contribution in [3.8, 4) is 0 Å². The monoisotopic (exact) mass is 362 g/mol. The second-order valence-electron chi connectivity index (χ2n) is 6.05. The third-order valence-electron chi connectivity index (χ3n) is 4.07. The number of carbonyl (C=O) groups excluding carboxylic acids is 2. The van der Waals surface area contributed by atoms with E-state index in [1.54, 1.807) is 36.4 Å². The summed E-state index contributed by atoms with van der Waals surface area (Å²) in [6.07, 6.45) is 0.291. The van der Waals surface area contributed by atoms with E-state index in [4.69, 9.17) is 0 Å². The van der Waals surface area contributed by atoms with Gasteiger partial charge in [-0.15, -0.1) is 0 Å². The molecule has 0 aromatic heterocycles. The predicted molar refractivity (Wildman–Crippen MR) is 103 cm³/mol. The Bertz CT molecular complexity index is 914. The molecular formula is C22H19FN2O2. The zero-order valence-electron chi connectivity index (χ0n) is 14.6. The van der Waals surface area contributed by atoms with Gasteiger partial charge in [-0.2, -0.15) is 0 Å². The topological polar surface area (TPSA) is 58.2 Å². The summed E-state index contributed by atoms with van der Waals surface area (Å²) in [6, 6.07) is 23.1. The Morgan fingerprint density at radius 2 is 1.41 bits per heavy atom. The zero-order valence-corrected chi connectivity index (χ0v) is 14.6. The lowest BCUT2D eigenvalue weighted by atomic mass is 10.0. The maximum Gasteiger partial charge on any atom is 0.251 e. The number of carbonyl (C=O) groups is 2. The van der Waals surface area contributed by atoms with E-state index in [0.29, 0.717) is 12.0 Å². The average Bonchev–Trinajstić information content (AvgIpc) is 2.70. The van der Waals surface area contributed by atoms with Gasteiger partial charge in [-0.3, -0.25) is 9.59 Å². The van der Waals surface area contributed by atoms with E-state index in [-0.39, 0.29) is 11.6 Å². The Balaban J connectivity index is 1.79. The van der Waals surface area contributed by atoms with E-state index in [1.807, 2.05) is 36.4 Å². The third kappa shape index (κ3) is 5.01. The summed E-state index contributed by atoms with van der Waals surface area (Å²) >= 11 is 0. The summed E-state index contributed by atoms with van der Waals surface area (Å²) in [6.45, 7) is 0. The molecule has 27 heavy (non-hydrogen) atoms. The van der Waals surface area contributed by atoms with Crippen molar-refractivity contribution in [2.75, 3.05) is 5.32 Å². The van der Waals surface area contributed by atoms with Crippen LogP contribution in [-0.2, 0) is 11.2 Å². The number of hydrogen-bond acceptors (Lipinski definition) is 2. The standard InChI is InChI=1S/C22H19FN2O2/c23-18-13-7-8-14-19(18)24-22(27)20(15-16-9-3-1-4-10-16)25-21(26)17-11-5-2-6-12-17/h1-14,20H,15H2,(H,24,27)(H,25,26)/t20-/m1/s1. The van der Waals surface area contributed by atoms with E-state index in [1.165, 1.54) is 12.1 Å². The Morgan fingerprint density at radius 3 is 2.07 bits per heavy atom. The van der Waals surface area contributed by atoms with Crippen molar-refractivity contribution in [1.82, 2.24) is 5.32 Å². The van der Waals surface area contributed by atoms with Crippen molar-refractivity contribution in [2.24, 2.45) is 0 Å². The molecule has 0 aliphatic rings. The quantitative estimate of drug-likeness (QED) is 0.701. The molecule has 0 spiro atoms. The molecule has 0 radical (unpaired) electrons. The van der Waals surface area contributed by atoms with Crippen LogP contribution in [0, 0.1) is 5.82 Å².